The lowest BCUT2D eigenvalue weighted by molar-refractivity contribution is 0.181. The topological polar surface area (TPSA) is 49.9 Å². The average molecular weight is 389 g/mol. The Balaban J connectivity index is 1.76. The summed E-state index contributed by atoms with van der Waals surface area (Å²) >= 11 is 0. The highest BCUT2D eigenvalue weighted by Crippen LogP contribution is 2.32. The van der Waals surface area contributed by atoms with Crippen LogP contribution < -0.4 is 4.74 Å². The van der Waals surface area contributed by atoms with Crippen LogP contribution in [0.15, 0.2) is 41.3 Å². The van der Waals surface area contributed by atoms with Gasteiger partial charge in [-0.3, -0.25) is 4.90 Å². The Bertz CT molecular complexity index is 903. The van der Waals surface area contributed by atoms with E-state index in [0.29, 0.717) is 18.0 Å². The van der Waals surface area contributed by atoms with Gasteiger partial charge >= 0.3 is 0 Å². The maximum atomic E-state index is 13.2. The number of aryl methyl sites for hydroxylation is 1. The van der Waals surface area contributed by atoms with E-state index in [1.165, 1.54) is 5.56 Å². The number of benzene rings is 2. The first-order valence-electron chi connectivity index (χ1n) is 9.26. The third kappa shape index (κ3) is 4.03. The van der Waals surface area contributed by atoms with E-state index in [1.54, 1.807) is 17.5 Å². The Morgan fingerprint density at radius 2 is 1.59 bits per heavy atom. The quantitative estimate of drug-likeness (QED) is 0.790. The van der Waals surface area contributed by atoms with Gasteiger partial charge in [-0.2, -0.15) is 4.31 Å². The van der Waals surface area contributed by atoms with Crippen molar-refractivity contribution >= 4 is 10.0 Å². The summed E-state index contributed by atoms with van der Waals surface area (Å²) in [6, 6.07) is 12.0. The third-order valence-electron chi connectivity index (χ3n) is 5.38. The summed E-state index contributed by atoms with van der Waals surface area (Å²) < 4.78 is 33.5. The minimum Gasteiger partial charge on any atom is -0.496 e. The van der Waals surface area contributed by atoms with E-state index in [4.69, 9.17) is 4.74 Å². The van der Waals surface area contributed by atoms with Crippen molar-refractivity contribution in [1.82, 2.24) is 9.21 Å². The molecule has 5 nitrogen and oxygen atoms in total. The van der Waals surface area contributed by atoms with Crippen LogP contribution in [0.1, 0.15) is 22.3 Å². The summed E-state index contributed by atoms with van der Waals surface area (Å²) in [5, 5.41) is 0. The van der Waals surface area contributed by atoms with E-state index >= 15 is 0 Å². The molecule has 0 N–H and O–H groups in total. The molecule has 1 heterocycles. The molecule has 146 valence electrons. The number of hydrogen-bond donors (Lipinski definition) is 0. The van der Waals surface area contributed by atoms with Gasteiger partial charge in [0.15, 0.2) is 0 Å². The van der Waals surface area contributed by atoms with Crippen LogP contribution in [-0.2, 0) is 16.6 Å². The zero-order chi connectivity index (χ0) is 19.6. The van der Waals surface area contributed by atoms with E-state index < -0.39 is 10.0 Å². The summed E-state index contributed by atoms with van der Waals surface area (Å²) in [4.78, 5) is 2.70. The SMILES string of the molecule is COc1c(C)cc(S(=O)(=O)N2CCN(Cc3ccccc3)CC2)c(C)c1C. The fraction of sp³-hybridized carbons (Fsp3) is 0.429. The van der Waals surface area contributed by atoms with Gasteiger partial charge in [-0.25, -0.2) is 8.42 Å². The lowest BCUT2D eigenvalue weighted by Crippen LogP contribution is -2.48. The van der Waals surface area contributed by atoms with Crippen molar-refractivity contribution in [2.24, 2.45) is 0 Å². The molecular formula is C21H28N2O3S. The second-order valence-corrected chi connectivity index (χ2v) is 9.05. The molecule has 0 amide bonds. The van der Waals surface area contributed by atoms with Crippen LogP contribution in [0.5, 0.6) is 5.75 Å². The molecule has 0 radical (unpaired) electrons. The van der Waals surface area contributed by atoms with Crippen molar-refractivity contribution in [3.05, 3.63) is 58.7 Å². The molecule has 6 heteroatoms. The molecule has 27 heavy (non-hydrogen) atoms. The molecule has 2 aromatic rings. The molecule has 0 unspecified atom stereocenters. The van der Waals surface area contributed by atoms with E-state index in [-0.39, 0.29) is 0 Å². The molecule has 0 saturated carbocycles. The van der Waals surface area contributed by atoms with Crippen molar-refractivity contribution in [1.29, 1.82) is 0 Å². The number of sulfonamides is 1. The van der Waals surface area contributed by atoms with Gasteiger partial charge in [0, 0.05) is 32.7 Å². The largest absolute Gasteiger partial charge is 0.496 e. The highest BCUT2D eigenvalue weighted by Gasteiger charge is 2.31. The fourth-order valence-corrected chi connectivity index (χ4v) is 5.50. The Hall–Kier alpha value is -1.89. The van der Waals surface area contributed by atoms with Gasteiger partial charge in [0.25, 0.3) is 0 Å². The van der Waals surface area contributed by atoms with Gasteiger partial charge in [0.05, 0.1) is 12.0 Å². The van der Waals surface area contributed by atoms with Crippen LogP contribution in [0, 0.1) is 20.8 Å². The molecule has 0 spiro atoms. The lowest BCUT2D eigenvalue weighted by atomic mass is 10.1. The molecule has 1 saturated heterocycles. The van der Waals surface area contributed by atoms with Crippen LogP contribution in [0.2, 0.25) is 0 Å². The van der Waals surface area contributed by atoms with E-state index in [9.17, 15) is 8.42 Å². The Morgan fingerprint density at radius 3 is 2.19 bits per heavy atom. The van der Waals surface area contributed by atoms with Crippen LogP contribution in [0.4, 0.5) is 0 Å². The molecule has 1 fully saturated rings. The van der Waals surface area contributed by atoms with E-state index in [0.717, 1.165) is 42.1 Å². The summed E-state index contributed by atoms with van der Waals surface area (Å²) in [6.45, 7) is 9.02. The van der Waals surface area contributed by atoms with Crippen LogP contribution in [0.3, 0.4) is 0 Å². The molecule has 3 rings (SSSR count). The average Bonchev–Trinajstić information content (AvgIpc) is 2.66. The highest BCUT2D eigenvalue weighted by molar-refractivity contribution is 7.89. The first kappa shape index (κ1) is 19.9. The van der Waals surface area contributed by atoms with E-state index in [1.807, 2.05) is 39.0 Å². The number of ether oxygens (including phenoxy) is 1. The Morgan fingerprint density at radius 1 is 0.963 bits per heavy atom. The smallest absolute Gasteiger partial charge is 0.243 e. The number of rotatable bonds is 5. The van der Waals surface area contributed by atoms with Gasteiger partial charge in [-0.1, -0.05) is 30.3 Å². The number of nitrogens with zero attached hydrogens (tertiary/aromatic N) is 2. The predicted molar refractivity (Wildman–Crippen MR) is 108 cm³/mol. The van der Waals surface area contributed by atoms with Crippen molar-refractivity contribution in [3.8, 4) is 5.75 Å². The number of piperazine rings is 1. The monoisotopic (exact) mass is 388 g/mol. The highest BCUT2D eigenvalue weighted by atomic mass is 32.2. The first-order chi connectivity index (χ1) is 12.8. The minimum absolute atomic E-state index is 0.398. The van der Waals surface area contributed by atoms with Gasteiger partial charge < -0.3 is 4.74 Å². The molecule has 0 aliphatic carbocycles. The standard InChI is InChI=1S/C21H28N2O3S/c1-16-14-20(17(2)18(3)21(16)26-4)27(24,25)23-12-10-22(11-13-23)15-19-8-6-5-7-9-19/h5-9,14H,10-13,15H2,1-4H3. The second-order valence-electron chi connectivity index (χ2n) is 7.14. The Kier molecular flexibility index (Phi) is 5.89. The summed E-state index contributed by atoms with van der Waals surface area (Å²) in [5.41, 5.74) is 3.76. The van der Waals surface area contributed by atoms with Crippen LogP contribution in [0.25, 0.3) is 0 Å². The molecule has 0 bridgehead atoms. The summed E-state index contributed by atoms with van der Waals surface area (Å²) in [6.07, 6.45) is 0. The summed E-state index contributed by atoms with van der Waals surface area (Å²) in [5.74, 6) is 0.763. The van der Waals surface area contributed by atoms with Gasteiger partial charge in [-0.15, -0.1) is 0 Å². The van der Waals surface area contributed by atoms with Crippen molar-refractivity contribution in [3.63, 3.8) is 0 Å². The Labute approximate surface area is 162 Å². The first-order valence-corrected chi connectivity index (χ1v) is 10.7. The molecule has 0 atom stereocenters. The number of hydrogen-bond acceptors (Lipinski definition) is 4. The molecule has 2 aromatic carbocycles. The number of methoxy groups -OCH3 is 1. The van der Waals surface area contributed by atoms with E-state index in [2.05, 4.69) is 17.0 Å². The van der Waals surface area contributed by atoms with Crippen molar-refractivity contribution < 1.29 is 13.2 Å². The molecular weight excluding hydrogens is 360 g/mol. The normalized spacial score (nSPS) is 16.4. The fourth-order valence-electron chi connectivity index (χ4n) is 3.71. The molecule has 0 aromatic heterocycles. The van der Waals surface area contributed by atoms with Crippen molar-refractivity contribution in [2.75, 3.05) is 33.3 Å². The zero-order valence-corrected chi connectivity index (χ0v) is 17.3. The van der Waals surface area contributed by atoms with Gasteiger partial charge in [-0.05, 0) is 49.1 Å². The maximum Gasteiger partial charge on any atom is 0.243 e. The lowest BCUT2D eigenvalue weighted by Gasteiger charge is -2.34. The van der Waals surface area contributed by atoms with Crippen LogP contribution in [-0.4, -0.2) is 50.9 Å². The predicted octanol–water partition coefficient (Wildman–Crippen LogP) is 3.13. The van der Waals surface area contributed by atoms with Gasteiger partial charge in [0.1, 0.15) is 5.75 Å². The summed E-state index contributed by atoms with van der Waals surface area (Å²) in [7, 11) is -1.89. The second kappa shape index (κ2) is 8.00. The molecule has 1 aliphatic heterocycles. The molecule has 1 aliphatic rings. The maximum absolute atomic E-state index is 13.2. The van der Waals surface area contributed by atoms with Gasteiger partial charge in [0.2, 0.25) is 10.0 Å². The minimum atomic E-state index is -3.51. The third-order valence-corrected chi connectivity index (χ3v) is 7.41. The zero-order valence-electron chi connectivity index (χ0n) is 16.5. The van der Waals surface area contributed by atoms with Crippen LogP contribution >= 0.6 is 0 Å². The van der Waals surface area contributed by atoms with Crippen molar-refractivity contribution in [2.45, 2.75) is 32.2 Å².